The van der Waals surface area contributed by atoms with Crippen molar-refractivity contribution in [2.24, 2.45) is 5.73 Å². The number of benzene rings is 1. The Morgan fingerprint density at radius 2 is 2.17 bits per heavy atom. The molecule has 3 N–H and O–H groups in total. The highest BCUT2D eigenvalue weighted by atomic mass is 79.9. The van der Waals surface area contributed by atoms with Crippen LogP contribution in [0, 0.1) is 5.82 Å². The van der Waals surface area contributed by atoms with E-state index in [0.717, 1.165) is 6.07 Å². The van der Waals surface area contributed by atoms with Crippen molar-refractivity contribution in [1.82, 2.24) is 0 Å². The predicted molar refractivity (Wildman–Crippen MR) is 48.5 cm³/mol. The third-order valence-corrected chi connectivity index (χ3v) is 2.14. The summed E-state index contributed by atoms with van der Waals surface area (Å²) < 4.78 is 13.1. The quantitative estimate of drug-likeness (QED) is 0.819. The smallest absolute Gasteiger partial charge is 0.141 e. The van der Waals surface area contributed by atoms with Crippen LogP contribution in [-0.2, 0) is 6.42 Å². The fourth-order valence-electron chi connectivity index (χ4n) is 0.933. The van der Waals surface area contributed by atoms with E-state index in [-0.39, 0.29) is 5.75 Å². The molecule has 0 atom stereocenters. The van der Waals surface area contributed by atoms with Crippen LogP contribution in [-0.4, -0.2) is 11.7 Å². The Kier molecular flexibility index (Phi) is 3.05. The van der Waals surface area contributed by atoms with Crippen molar-refractivity contribution in [3.05, 3.63) is 28.0 Å². The van der Waals surface area contributed by atoms with Gasteiger partial charge in [-0.05, 0) is 40.5 Å². The molecule has 2 nitrogen and oxygen atoms in total. The van der Waals surface area contributed by atoms with Gasteiger partial charge in [-0.15, -0.1) is 0 Å². The van der Waals surface area contributed by atoms with Crippen molar-refractivity contribution in [2.75, 3.05) is 6.54 Å². The number of phenols is 1. The number of aromatic hydroxyl groups is 1. The molecule has 0 aliphatic carbocycles. The van der Waals surface area contributed by atoms with E-state index < -0.39 is 5.82 Å². The van der Waals surface area contributed by atoms with Crippen molar-refractivity contribution in [3.8, 4) is 5.75 Å². The largest absolute Gasteiger partial charge is 0.508 e. The van der Waals surface area contributed by atoms with Gasteiger partial charge in [0.15, 0.2) is 0 Å². The monoisotopic (exact) mass is 233 g/mol. The average Bonchev–Trinajstić information content (AvgIpc) is 2.01. The van der Waals surface area contributed by atoms with E-state index in [1.165, 1.54) is 6.07 Å². The zero-order valence-corrected chi connectivity index (χ0v) is 7.94. The number of nitrogens with two attached hydrogens (primary N) is 1. The Hall–Kier alpha value is -0.610. The molecule has 0 aliphatic rings. The Bertz CT molecular complexity index is 291. The second-order valence-electron chi connectivity index (χ2n) is 2.43. The SMILES string of the molecule is NCCc1cc(Br)c(F)cc1O. The Morgan fingerprint density at radius 3 is 2.75 bits per heavy atom. The number of rotatable bonds is 2. The summed E-state index contributed by atoms with van der Waals surface area (Å²) in [6.07, 6.45) is 0.546. The molecule has 0 fully saturated rings. The molecule has 1 aromatic rings. The van der Waals surface area contributed by atoms with Gasteiger partial charge in [-0.25, -0.2) is 4.39 Å². The minimum Gasteiger partial charge on any atom is -0.508 e. The van der Waals surface area contributed by atoms with Crippen molar-refractivity contribution >= 4 is 15.9 Å². The highest BCUT2D eigenvalue weighted by Gasteiger charge is 2.05. The maximum absolute atomic E-state index is 12.8. The van der Waals surface area contributed by atoms with Crippen molar-refractivity contribution in [2.45, 2.75) is 6.42 Å². The first-order chi connectivity index (χ1) is 5.65. The van der Waals surface area contributed by atoms with Crippen LogP contribution >= 0.6 is 15.9 Å². The fourth-order valence-corrected chi connectivity index (χ4v) is 1.32. The van der Waals surface area contributed by atoms with Crippen LogP contribution in [0.25, 0.3) is 0 Å². The second kappa shape index (κ2) is 3.87. The van der Waals surface area contributed by atoms with Gasteiger partial charge in [0.2, 0.25) is 0 Å². The topological polar surface area (TPSA) is 46.2 Å². The highest BCUT2D eigenvalue weighted by Crippen LogP contribution is 2.25. The summed E-state index contributed by atoms with van der Waals surface area (Å²) in [7, 11) is 0. The van der Waals surface area contributed by atoms with E-state index in [9.17, 15) is 9.50 Å². The van der Waals surface area contributed by atoms with E-state index >= 15 is 0 Å². The van der Waals surface area contributed by atoms with Crippen LogP contribution in [0.2, 0.25) is 0 Å². The van der Waals surface area contributed by atoms with Gasteiger partial charge in [0.25, 0.3) is 0 Å². The first-order valence-electron chi connectivity index (χ1n) is 3.52. The summed E-state index contributed by atoms with van der Waals surface area (Å²) in [6.45, 7) is 0.436. The summed E-state index contributed by atoms with van der Waals surface area (Å²) in [5.41, 5.74) is 5.96. The van der Waals surface area contributed by atoms with E-state index in [1.54, 1.807) is 0 Å². The van der Waals surface area contributed by atoms with Gasteiger partial charge in [0.1, 0.15) is 11.6 Å². The van der Waals surface area contributed by atoms with Crippen molar-refractivity contribution < 1.29 is 9.50 Å². The van der Waals surface area contributed by atoms with Gasteiger partial charge >= 0.3 is 0 Å². The number of halogens is 2. The van der Waals surface area contributed by atoms with Crippen molar-refractivity contribution in [1.29, 1.82) is 0 Å². The third-order valence-electron chi connectivity index (χ3n) is 1.54. The molecule has 0 spiro atoms. The molecule has 0 bridgehead atoms. The lowest BCUT2D eigenvalue weighted by molar-refractivity contribution is 0.461. The van der Waals surface area contributed by atoms with Crippen LogP contribution in [0.5, 0.6) is 5.75 Å². The third kappa shape index (κ3) is 1.95. The molecule has 4 heteroatoms. The summed E-state index contributed by atoms with van der Waals surface area (Å²) in [6, 6.07) is 2.62. The molecular weight excluding hydrogens is 225 g/mol. The minimum atomic E-state index is -0.465. The van der Waals surface area contributed by atoms with Gasteiger partial charge < -0.3 is 10.8 Å². The molecule has 0 aliphatic heterocycles. The van der Waals surface area contributed by atoms with Crippen LogP contribution < -0.4 is 5.73 Å². The molecule has 0 radical (unpaired) electrons. The van der Waals surface area contributed by atoms with Gasteiger partial charge in [-0.3, -0.25) is 0 Å². The van der Waals surface area contributed by atoms with Crippen LogP contribution in [0.1, 0.15) is 5.56 Å². The number of hydrogen-bond donors (Lipinski definition) is 2. The van der Waals surface area contributed by atoms with Gasteiger partial charge in [0, 0.05) is 6.07 Å². The van der Waals surface area contributed by atoms with Crippen LogP contribution in [0.3, 0.4) is 0 Å². The zero-order valence-electron chi connectivity index (χ0n) is 6.35. The molecule has 1 aromatic carbocycles. The Morgan fingerprint density at radius 1 is 1.50 bits per heavy atom. The van der Waals surface area contributed by atoms with Crippen molar-refractivity contribution in [3.63, 3.8) is 0 Å². The van der Waals surface area contributed by atoms with Crippen LogP contribution in [0.15, 0.2) is 16.6 Å². The fraction of sp³-hybridized carbons (Fsp3) is 0.250. The Labute approximate surface area is 78.3 Å². The summed E-state index contributed by atoms with van der Waals surface area (Å²) in [4.78, 5) is 0. The standard InChI is InChI=1S/C8H9BrFNO/c9-6-3-5(1-2-11)8(12)4-7(6)10/h3-4,12H,1-2,11H2. The minimum absolute atomic E-state index is 0.0406. The molecular formula is C8H9BrFNO. The van der Waals surface area contributed by atoms with Crippen LogP contribution in [0.4, 0.5) is 4.39 Å². The lowest BCUT2D eigenvalue weighted by Crippen LogP contribution is -2.03. The van der Waals surface area contributed by atoms with E-state index in [1.807, 2.05) is 0 Å². The molecule has 0 amide bonds. The predicted octanol–water partition coefficient (Wildman–Crippen LogP) is 1.79. The van der Waals surface area contributed by atoms with E-state index in [4.69, 9.17) is 5.73 Å². The molecule has 0 heterocycles. The van der Waals surface area contributed by atoms with E-state index in [2.05, 4.69) is 15.9 Å². The maximum atomic E-state index is 12.8. The second-order valence-corrected chi connectivity index (χ2v) is 3.29. The zero-order chi connectivity index (χ0) is 9.14. The van der Waals surface area contributed by atoms with E-state index in [0.29, 0.717) is 23.0 Å². The molecule has 0 unspecified atom stereocenters. The highest BCUT2D eigenvalue weighted by molar-refractivity contribution is 9.10. The lowest BCUT2D eigenvalue weighted by Gasteiger charge is -2.03. The first-order valence-corrected chi connectivity index (χ1v) is 4.31. The summed E-state index contributed by atoms with van der Waals surface area (Å²) in [5, 5.41) is 9.23. The summed E-state index contributed by atoms with van der Waals surface area (Å²) in [5.74, 6) is -0.505. The number of hydrogen-bond acceptors (Lipinski definition) is 2. The molecule has 66 valence electrons. The van der Waals surface area contributed by atoms with Gasteiger partial charge in [-0.2, -0.15) is 0 Å². The molecule has 0 saturated carbocycles. The average molecular weight is 234 g/mol. The molecule has 0 saturated heterocycles. The number of phenolic OH excluding ortho intramolecular Hbond substituents is 1. The maximum Gasteiger partial charge on any atom is 0.141 e. The summed E-state index contributed by atoms with van der Waals surface area (Å²) >= 11 is 3.02. The Balaban J connectivity index is 3.05. The first kappa shape index (κ1) is 9.48. The van der Waals surface area contributed by atoms with Gasteiger partial charge in [0.05, 0.1) is 4.47 Å². The lowest BCUT2D eigenvalue weighted by atomic mass is 10.1. The molecule has 12 heavy (non-hydrogen) atoms. The molecule has 0 aromatic heterocycles. The molecule has 1 rings (SSSR count). The van der Waals surface area contributed by atoms with Gasteiger partial charge in [-0.1, -0.05) is 0 Å². The normalized spacial score (nSPS) is 10.2.